The van der Waals surface area contributed by atoms with Gasteiger partial charge in [-0.15, -0.1) is 0 Å². The third-order valence-corrected chi connectivity index (χ3v) is 6.57. The van der Waals surface area contributed by atoms with Gasteiger partial charge >= 0.3 is 0 Å². The molecule has 0 bridgehead atoms. The van der Waals surface area contributed by atoms with Crippen LogP contribution in [0.25, 0.3) is 0 Å². The number of ether oxygens (including phenoxy) is 2. The number of rotatable bonds is 10. The average Bonchev–Trinajstić information content (AvgIpc) is 2.73. The van der Waals surface area contributed by atoms with Crippen LogP contribution < -0.4 is 10.2 Å². The number of aromatic amines is 1. The summed E-state index contributed by atoms with van der Waals surface area (Å²) in [6.07, 6.45) is 18.2. The maximum absolute atomic E-state index is 12.3. The molecule has 28 heavy (non-hydrogen) atoms. The van der Waals surface area contributed by atoms with Gasteiger partial charge in [-0.3, -0.25) is 4.79 Å². The van der Waals surface area contributed by atoms with Crippen molar-refractivity contribution in [2.45, 2.75) is 103 Å². The summed E-state index contributed by atoms with van der Waals surface area (Å²) in [6.45, 7) is 3.27. The zero-order valence-electron chi connectivity index (χ0n) is 17.8. The summed E-state index contributed by atoms with van der Waals surface area (Å²) in [6, 6.07) is 1.59. The monoisotopic (exact) mass is 389 g/mol. The average molecular weight is 390 g/mol. The van der Waals surface area contributed by atoms with Crippen molar-refractivity contribution in [1.82, 2.24) is 4.98 Å². The van der Waals surface area contributed by atoms with Gasteiger partial charge in [-0.1, -0.05) is 57.8 Å². The number of nitrogens with one attached hydrogen (secondary N) is 1. The van der Waals surface area contributed by atoms with Crippen LogP contribution in [0.3, 0.4) is 0 Å². The van der Waals surface area contributed by atoms with E-state index < -0.39 is 0 Å². The highest BCUT2D eigenvalue weighted by Crippen LogP contribution is 2.28. The maximum atomic E-state index is 12.3. The van der Waals surface area contributed by atoms with Crippen LogP contribution in [0.4, 0.5) is 0 Å². The van der Waals surface area contributed by atoms with Gasteiger partial charge < -0.3 is 14.5 Å². The predicted molar refractivity (Wildman–Crippen MR) is 114 cm³/mol. The Morgan fingerprint density at radius 3 is 2.61 bits per heavy atom. The lowest BCUT2D eigenvalue weighted by molar-refractivity contribution is -0.0120. The van der Waals surface area contributed by atoms with Crippen molar-refractivity contribution >= 4 is 0 Å². The van der Waals surface area contributed by atoms with E-state index in [9.17, 15) is 4.79 Å². The Morgan fingerprint density at radius 2 is 1.82 bits per heavy atom. The number of H-pyrrole nitrogens is 1. The molecule has 1 saturated heterocycles. The summed E-state index contributed by atoms with van der Waals surface area (Å²) in [4.78, 5) is 15.6. The van der Waals surface area contributed by atoms with E-state index in [1.165, 1.54) is 64.2 Å². The third kappa shape index (κ3) is 6.95. The Kier molecular flexibility index (Phi) is 8.91. The van der Waals surface area contributed by atoms with Gasteiger partial charge in [0.15, 0.2) is 11.3 Å². The lowest BCUT2D eigenvalue weighted by Gasteiger charge is -2.22. The smallest absolute Gasteiger partial charge is 0.194 e. The highest BCUT2D eigenvalue weighted by molar-refractivity contribution is 5.25. The minimum absolute atomic E-state index is 0.0746. The van der Waals surface area contributed by atoms with Crippen molar-refractivity contribution in [2.75, 3.05) is 13.2 Å². The molecule has 3 rings (SSSR count). The molecule has 2 aliphatic rings. The second kappa shape index (κ2) is 11.6. The van der Waals surface area contributed by atoms with Crippen LogP contribution in [0.2, 0.25) is 0 Å². The first kappa shape index (κ1) is 21.4. The van der Waals surface area contributed by atoms with Crippen LogP contribution in [0, 0.1) is 12.8 Å². The van der Waals surface area contributed by atoms with Crippen molar-refractivity contribution in [3.63, 3.8) is 0 Å². The molecule has 158 valence electrons. The SMILES string of the molecule is Cc1c(CCCCCCC2CCCCC2)[nH]c(OCC2CCCCO2)cc1=O. The molecule has 1 aromatic rings. The highest BCUT2D eigenvalue weighted by atomic mass is 16.5. The summed E-state index contributed by atoms with van der Waals surface area (Å²) >= 11 is 0. The first-order valence-corrected chi connectivity index (χ1v) is 11.7. The number of hydrogen-bond acceptors (Lipinski definition) is 3. The normalized spacial score (nSPS) is 21.0. The Balaban J connectivity index is 1.38. The molecule has 1 N–H and O–H groups in total. The summed E-state index contributed by atoms with van der Waals surface area (Å²) in [5, 5.41) is 0. The summed E-state index contributed by atoms with van der Waals surface area (Å²) in [7, 11) is 0. The van der Waals surface area contributed by atoms with E-state index in [1.807, 2.05) is 6.92 Å². The summed E-state index contributed by atoms with van der Waals surface area (Å²) in [5.74, 6) is 1.59. The van der Waals surface area contributed by atoms with Crippen LogP contribution >= 0.6 is 0 Å². The van der Waals surface area contributed by atoms with Crippen LogP contribution in [0.5, 0.6) is 5.88 Å². The summed E-state index contributed by atoms with van der Waals surface area (Å²) in [5.41, 5.74) is 1.95. The number of unbranched alkanes of at least 4 members (excludes halogenated alkanes) is 3. The van der Waals surface area contributed by atoms with E-state index in [0.717, 1.165) is 49.5 Å². The molecule has 1 aliphatic carbocycles. The standard InChI is InChI=1S/C24H39NO3/c1-19-22(15-8-3-2-5-11-20-12-6-4-7-13-20)25-24(17-23(19)26)28-18-21-14-9-10-16-27-21/h17,20-21H,2-16,18H2,1H3,(H,25,26). The molecule has 2 heterocycles. The Hall–Kier alpha value is -1.29. The van der Waals surface area contributed by atoms with Crippen LogP contribution in [0.15, 0.2) is 10.9 Å². The lowest BCUT2D eigenvalue weighted by Crippen LogP contribution is -2.26. The third-order valence-electron chi connectivity index (χ3n) is 6.57. The fourth-order valence-electron chi connectivity index (χ4n) is 4.67. The molecule has 2 fully saturated rings. The Morgan fingerprint density at radius 1 is 1.04 bits per heavy atom. The highest BCUT2D eigenvalue weighted by Gasteiger charge is 2.15. The molecule has 0 radical (unpaired) electrons. The largest absolute Gasteiger partial charge is 0.476 e. The predicted octanol–water partition coefficient (Wildman–Crippen LogP) is 5.70. The first-order valence-electron chi connectivity index (χ1n) is 11.7. The van der Waals surface area contributed by atoms with Gasteiger partial charge in [0.1, 0.15) is 6.61 Å². The van der Waals surface area contributed by atoms with Crippen molar-refractivity contribution in [3.05, 3.63) is 27.5 Å². The molecule has 1 aliphatic heterocycles. The van der Waals surface area contributed by atoms with E-state index in [0.29, 0.717) is 12.5 Å². The first-order chi connectivity index (χ1) is 13.7. The Labute approximate surface area is 170 Å². The minimum atomic E-state index is 0.0746. The second-order valence-corrected chi connectivity index (χ2v) is 8.86. The number of aryl methyl sites for hydroxylation is 1. The van der Waals surface area contributed by atoms with Gasteiger partial charge in [-0.05, 0) is 44.9 Å². The van der Waals surface area contributed by atoms with E-state index in [2.05, 4.69) is 4.98 Å². The van der Waals surface area contributed by atoms with Crippen molar-refractivity contribution in [2.24, 2.45) is 5.92 Å². The Bertz CT molecular complexity index is 627. The van der Waals surface area contributed by atoms with Crippen LogP contribution in [-0.2, 0) is 11.2 Å². The fraction of sp³-hybridized carbons (Fsp3) is 0.792. The van der Waals surface area contributed by atoms with Crippen molar-refractivity contribution < 1.29 is 9.47 Å². The quantitative estimate of drug-likeness (QED) is 0.522. The fourth-order valence-corrected chi connectivity index (χ4v) is 4.67. The molecular weight excluding hydrogens is 350 g/mol. The van der Waals surface area contributed by atoms with Crippen molar-refractivity contribution in [1.29, 1.82) is 0 Å². The van der Waals surface area contributed by atoms with Gasteiger partial charge in [0.05, 0.1) is 6.10 Å². The lowest BCUT2D eigenvalue weighted by atomic mass is 9.85. The van der Waals surface area contributed by atoms with E-state index >= 15 is 0 Å². The van der Waals surface area contributed by atoms with Crippen molar-refractivity contribution in [3.8, 4) is 5.88 Å². The molecule has 1 aromatic heterocycles. The number of aromatic nitrogens is 1. The number of hydrogen-bond donors (Lipinski definition) is 1. The van der Waals surface area contributed by atoms with Gasteiger partial charge in [0.2, 0.25) is 0 Å². The van der Waals surface area contributed by atoms with Crippen LogP contribution in [-0.4, -0.2) is 24.3 Å². The second-order valence-electron chi connectivity index (χ2n) is 8.86. The molecule has 0 amide bonds. The van der Waals surface area contributed by atoms with E-state index in [1.54, 1.807) is 6.07 Å². The molecular formula is C24H39NO3. The molecule has 1 unspecified atom stereocenters. The molecule has 0 aromatic carbocycles. The number of pyridine rings is 1. The van der Waals surface area contributed by atoms with E-state index in [-0.39, 0.29) is 11.5 Å². The molecule has 0 spiro atoms. The zero-order chi connectivity index (χ0) is 19.6. The molecule has 1 atom stereocenters. The van der Waals surface area contributed by atoms with Gasteiger partial charge in [0.25, 0.3) is 0 Å². The van der Waals surface area contributed by atoms with E-state index in [4.69, 9.17) is 9.47 Å². The molecule has 1 saturated carbocycles. The van der Waals surface area contributed by atoms with Crippen LogP contribution in [0.1, 0.15) is 94.7 Å². The van der Waals surface area contributed by atoms with Gasteiger partial charge in [-0.25, -0.2) is 0 Å². The molecule has 4 heteroatoms. The minimum Gasteiger partial charge on any atom is -0.476 e. The topological polar surface area (TPSA) is 51.3 Å². The molecule has 4 nitrogen and oxygen atoms in total. The summed E-state index contributed by atoms with van der Waals surface area (Å²) < 4.78 is 11.6. The van der Waals surface area contributed by atoms with Gasteiger partial charge in [-0.2, -0.15) is 0 Å². The van der Waals surface area contributed by atoms with Gasteiger partial charge in [0, 0.05) is 23.9 Å². The maximum Gasteiger partial charge on any atom is 0.194 e. The zero-order valence-corrected chi connectivity index (χ0v) is 17.8.